The molecule has 4 aliphatic heterocycles. The van der Waals surface area contributed by atoms with E-state index in [4.69, 9.17) is 26.1 Å². The second-order valence-corrected chi connectivity index (χ2v) is 14.1. The third kappa shape index (κ3) is 4.59. The van der Waals surface area contributed by atoms with Crippen molar-refractivity contribution in [2.75, 3.05) is 37.7 Å². The number of anilines is 1. The van der Waals surface area contributed by atoms with Crippen LogP contribution in [0.25, 0.3) is 21.9 Å². The Morgan fingerprint density at radius 3 is 2.53 bits per heavy atom. The Bertz CT molecular complexity index is 1960. The molecule has 5 fully saturated rings. The van der Waals surface area contributed by atoms with Crippen LogP contribution >= 0.6 is 0 Å². The molecule has 0 spiro atoms. The van der Waals surface area contributed by atoms with Crippen LogP contribution < -0.4 is 15.0 Å². The molecule has 2 unspecified atom stereocenters. The summed E-state index contributed by atoms with van der Waals surface area (Å²) in [4.78, 5) is 34.4. The number of nitrogens with zero attached hydrogens (tertiary/aromatic N) is 6. The highest BCUT2D eigenvalue weighted by atomic mass is 19.1. The average Bonchev–Trinajstić information content (AvgIpc) is 3.81. The molecule has 1 aliphatic carbocycles. The van der Waals surface area contributed by atoms with E-state index in [1.54, 1.807) is 0 Å². The molecule has 5 aliphatic rings. The van der Waals surface area contributed by atoms with Gasteiger partial charge in [-0.1, -0.05) is 12.0 Å². The van der Waals surface area contributed by atoms with E-state index in [9.17, 15) is 14.3 Å². The standard InChI is InChI=1S/C36H38FN7O3/c1-2-26-28(37)11-8-21-16-25(45)17-27(29(21)26)31(46)34-39-32-30(44(34)24-6-3-7-24)33(42-18-22-9-10-23(19-42)38-22)41-35(40-32)47-20-36-12-4-14-43(36)15-5-13-36/h1,8,11,16-17,22-24,38,45H,3-7,9-10,12-15,18-20H2. The summed E-state index contributed by atoms with van der Waals surface area (Å²) in [5, 5.41) is 15.1. The minimum atomic E-state index is -0.599. The molecule has 2 atom stereocenters. The Morgan fingerprint density at radius 2 is 1.83 bits per heavy atom. The summed E-state index contributed by atoms with van der Waals surface area (Å²) in [7, 11) is 0. The predicted octanol–water partition coefficient (Wildman–Crippen LogP) is 4.71. The first-order valence-corrected chi connectivity index (χ1v) is 17.1. The lowest BCUT2D eigenvalue weighted by molar-refractivity contribution is 0.102. The van der Waals surface area contributed by atoms with Gasteiger partial charge < -0.3 is 24.6 Å². The quantitative estimate of drug-likeness (QED) is 0.221. The van der Waals surface area contributed by atoms with Crippen LogP contribution in [0.5, 0.6) is 11.8 Å². The third-order valence-corrected chi connectivity index (χ3v) is 11.4. The molecule has 6 heterocycles. The Kier molecular flexibility index (Phi) is 6.70. The van der Waals surface area contributed by atoms with Crippen molar-refractivity contribution in [2.45, 2.75) is 81.5 Å². The Hall–Kier alpha value is -4.27. The van der Waals surface area contributed by atoms with Gasteiger partial charge in [0.1, 0.15) is 23.7 Å². The maximum atomic E-state index is 15.0. The van der Waals surface area contributed by atoms with E-state index in [0.717, 1.165) is 82.5 Å². The van der Waals surface area contributed by atoms with Crippen molar-refractivity contribution in [3.8, 4) is 24.1 Å². The number of phenols is 1. The lowest BCUT2D eigenvalue weighted by Crippen LogP contribution is -2.51. The fourth-order valence-electron chi connectivity index (χ4n) is 8.91. The van der Waals surface area contributed by atoms with Crippen molar-refractivity contribution >= 4 is 33.5 Å². The van der Waals surface area contributed by atoms with Gasteiger partial charge in [0, 0.05) is 42.2 Å². The number of imidazole rings is 1. The number of aromatic hydroxyl groups is 1. The number of ether oxygens (including phenoxy) is 1. The van der Waals surface area contributed by atoms with E-state index >= 15 is 0 Å². The monoisotopic (exact) mass is 635 g/mol. The zero-order chi connectivity index (χ0) is 31.9. The van der Waals surface area contributed by atoms with Crippen LogP contribution in [0.1, 0.15) is 85.6 Å². The van der Waals surface area contributed by atoms with E-state index in [-0.39, 0.29) is 45.7 Å². The van der Waals surface area contributed by atoms with Gasteiger partial charge in [-0.25, -0.2) is 9.37 Å². The molecule has 4 saturated heterocycles. The number of ketones is 1. The molecule has 0 radical (unpaired) electrons. The van der Waals surface area contributed by atoms with Crippen molar-refractivity contribution in [1.82, 2.24) is 29.7 Å². The lowest BCUT2D eigenvalue weighted by Gasteiger charge is -2.35. The number of hydrogen-bond donors (Lipinski definition) is 2. The van der Waals surface area contributed by atoms with Crippen LogP contribution in [0.2, 0.25) is 0 Å². The smallest absolute Gasteiger partial charge is 0.320 e. The van der Waals surface area contributed by atoms with Gasteiger partial charge in [0.15, 0.2) is 17.3 Å². The van der Waals surface area contributed by atoms with E-state index in [0.29, 0.717) is 29.7 Å². The molecule has 11 heteroatoms. The van der Waals surface area contributed by atoms with Gasteiger partial charge in [-0.2, -0.15) is 9.97 Å². The Balaban J connectivity index is 1.21. The molecule has 0 amide bonds. The average molecular weight is 636 g/mol. The topological polar surface area (TPSA) is 109 Å². The molecule has 4 aromatic rings. The highest BCUT2D eigenvalue weighted by Crippen LogP contribution is 2.42. The summed E-state index contributed by atoms with van der Waals surface area (Å²) < 4.78 is 23.4. The number of rotatable bonds is 7. The van der Waals surface area contributed by atoms with E-state index in [1.807, 2.05) is 4.57 Å². The second-order valence-electron chi connectivity index (χ2n) is 14.1. The zero-order valence-electron chi connectivity index (χ0n) is 26.3. The van der Waals surface area contributed by atoms with Gasteiger partial charge in [-0.3, -0.25) is 9.69 Å². The molecule has 2 aromatic heterocycles. The van der Waals surface area contributed by atoms with Crippen LogP contribution in [0.3, 0.4) is 0 Å². The first-order chi connectivity index (χ1) is 22.9. The zero-order valence-corrected chi connectivity index (χ0v) is 26.3. The summed E-state index contributed by atoms with van der Waals surface area (Å²) in [6.45, 7) is 4.31. The number of benzene rings is 2. The summed E-state index contributed by atoms with van der Waals surface area (Å²) >= 11 is 0. The van der Waals surface area contributed by atoms with Crippen LogP contribution in [0.4, 0.5) is 10.2 Å². The van der Waals surface area contributed by atoms with Gasteiger partial charge in [0.05, 0.1) is 11.1 Å². The van der Waals surface area contributed by atoms with E-state index in [1.165, 1.54) is 37.1 Å². The normalized spacial score (nSPS) is 23.7. The lowest BCUT2D eigenvalue weighted by atomic mass is 9.91. The maximum Gasteiger partial charge on any atom is 0.320 e. The largest absolute Gasteiger partial charge is 0.508 e. The van der Waals surface area contributed by atoms with Crippen LogP contribution in [-0.2, 0) is 0 Å². The van der Waals surface area contributed by atoms with Crippen LogP contribution in [0, 0.1) is 18.2 Å². The summed E-state index contributed by atoms with van der Waals surface area (Å²) in [6, 6.07) is 6.68. The SMILES string of the molecule is C#Cc1c(F)ccc2cc(O)cc(C(=O)c3nc4nc(OCC56CCCN5CCC6)nc(N5CC6CCC(C5)N6)c4n3C3CCC3)c12. The van der Waals surface area contributed by atoms with Crippen molar-refractivity contribution in [2.24, 2.45) is 0 Å². The molecule has 1 saturated carbocycles. The third-order valence-electron chi connectivity index (χ3n) is 11.4. The molecule has 2 bridgehead atoms. The highest BCUT2D eigenvalue weighted by molar-refractivity contribution is 6.17. The molecule has 10 nitrogen and oxygen atoms in total. The number of phenolic OH excluding ortho intramolecular Hbond substituents is 1. The number of aromatic nitrogens is 4. The van der Waals surface area contributed by atoms with Gasteiger partial charge in [0.25, 0.3) is 0 Å². The summed E-state index contributed by atoms with van der Waals surface area (Å²) in [5.74, 6) is 2.20. The van der Waals surface area contributed by atoms with E-state index in [2.05, 4.69) is 21.0 Å². The first kappa shape index (κ1) is 28.9. The highest BCUT2D eigenvalue weighted by Gasteiger charge is 2.45. The number of carbonyl (C=O) groups excluding carboxylic acids is 1. The summed E-state index contributed by atoms with van der Waals surface area (Å²) in [6.07, 6.45) is 15.3. The van der Waals surface area contributed by atoms with Crippen LogP contribution in [-0.4, -0.2) is 85.7 Å². The molecule has 2 N–H and O–H groups in total. The number of carbonyl (C=O) groups is 1. The van der Waals surface area contributed by atoms with Crippen molar-refractivity contribution in [1.29, 1.82) is 0 Å². The van der Waals surface area contributed by atoms with Gasteiger partial charge in [-0.15, -0.1) is 6.42 Å². The number of terminal acetylenes is 1. The molecule has 2 aromatic carbocycles. The van der Waals surface area contributed by atoms with Crippen molar-refractivity contribution in [3.63, 3.8) is 0 Å². The van der Waals surface area contributed by atoms with E-state index < -0.39 is 11.6 Å². The predicted molar refractivity (Wildman–Crippen MR) is 176 cm³/mol. The number of nitrogens with one attached hydrogen (secondary N) is 1. The fourth-order valence-corrected chi connectivity index (χ4v) is 8.91. The van der Waals surface area contributed by atoms with Crippen molar-refractivity contribution in [3.05, 3.63) is 47.0 Å². The molecule has 47 heavy (non-hydrogen) atoms. The molecule has 9 rings (SSSR count). The first-order valence-electron chi connectivity index (χ1n) is 17.1. The Morgan fingerprint density at radius 1 is 1.06 bits per heavy atom. The maximum absolute atomic E-state index is 15.0. The molecular weight excluding hydrogens is 597 g/mol. The van der Waals surface area contributed by atoms with Gasteiger partial charge >= 0.3 is 6.01 Å². The molecular formula is C36H38FN7O3. The minimum Gasteiger partial charge on any atom is -0.508 e. The van der Waals surface area contributed by atoms with Gasteiger partial charge in [0.2, 0.25) is 5.78 Å². The number of fused-ring (bicyclic) bond motifs is 5. The summed E-state index contributed by atoms with van der Waals surface area (Å²) in [5.41, 5.74) is 1.25. The minimum absolute atomic E-state index is 0.0168. The number of hydrogen-bond acceptors (Lipinski definition) is 9. The second kappa shape index (κ2) is 10.9. The molecule has 242 valence electrons. The number of piperazine rings is 1. The number of halogens is 1. The van der Waals surface area contributed by atoms with Crippen LogP contribution in [0.15, 0.2) is 24.3 Å². The van der Waals surface area contributed by atoms with Crippen molar-refractivity contribution < 1.29 is 19.0 Å². The fraction of sp³-hybridized carbons (Fsp3) is 0.500. The van der Waals surface area contributed by atoms with Gasteiger partial charge in [-0.05, 0) is 94.5 Å². The Labute approximate surface area is 272 Å².